The summed E-state index contributed by atoms with van der Waals surface area (Å²) in [5, 5.41) is 17.0. The molecule has 6 nitrogen and oxygen atoms in total. The highest BCUT2D eigenvalue weighted by Gasteiger charge is 2.26. The van der Waals surface area contributed by atoms with Crippen LogP contribution >= 0.6 is 0 Å². The standard InChI is InChI=1S/C6H10O2.C4H5NO3/c7-6(8)5-3-1-2-4-5;6-3-1-2-4(7)5(3)8/h5H,1-4H2,(H,7,8);8H,1-2H2. The number of carbonyl (C=O) groups is 3. The Morgan fingerprint density at radius 1 is 1.12 bits per heavy atom. The Balaban J connectivity index is 0.000000160. The largest absolute Gasteiger partial charge is 0.481 e. The fourth-order valence-corrected chi connectivity index (χ4v) is 1.74. The van der Waals surface area contributed by atoms with Crippen molar-refractivity contribution in [1.82, 2.24) is 5.06 Å². The van der Waals surface area contributed by atoms with Gasteiger partial charge in [0.15, 0.2) is 0 Å². The van der Waals surface area contributed by atoms with Gasteiger partial charge >= 0.3 is 5.97 Å². The second-order valence-electron chi connectivity index (χ2n) is 3.92. The minimum Gasteiger partial charge on any atom is -0.481 e. The van der Waals surface area contributed by atoms with Crippen LogP contribution in [0.15, 0.2) is 0 Å². The highest BCUT2D eigenvalue weighted by atomic mass is 16.5. The van der Waals surface area contributed by atoms with Crippen molar-refractivity contribution in [2.24, 2.45) is 5.92 Å². The highest BCUT2D eigenvalue weighted by molar-refractivity contribution is 6.00. The molecule has 0 atom stereocenters. The van der Waals surface area contributed by atoms with E-state index in [9.17, 15) is 14.4 Å². The number of carboxylic acid groups (broad SMARTS) is 1. The molecule has 6 heteroatoms. The van der Waals surface area contributed by atoms with Crippen LogP contribution in [0.25, 0.3) is 0 Å². The summed E-state index contributed by atoms with van der Waals surface area (Å²) in [7, 11) is 0. The van der Waals surface area contributed by atoms with E-state index in [1.54, 1.807) is 0 Å². The molecule has 0 spiro atoms. The first-order valence-electron chi connectivity index (χ1n) is 5.30. The molecule has 0 aromatic heterocycles. The van der Waals surface area contributed by atoms with Gasteiger partial charge in [-0.2, -0.15) is 5.06 Å². The summed E-state index contributed by atoms with van der Waals surface area (Å²) in [6, 6.07) is 0. The van der Waals surface area contributed by atoms with E-state index in [1.807, 2.05) is 0 Å². The lowest BCUT2D eigenvalue weighted by atomic mass is 10.1. The number of carboxylic acids is 1. The quantitative estimate of drug-likeness (QED) is 0.512. The molecular formula is C10H15NO5. The van der Waals surface area contributed by atoms with Crippen LogP contribution < -0.4 is 0 Å². The average molecular weight is 229 g/mol. The Labute approximate surface area is 92.8 Å². The Bertz CT molecular complexity index is 280. The van der Waals surface area contributed by atoms with Crippen LogP contribution in [0.2, 0.25) is 0 Å². The number of nitrogens with zero attached hydrogens (tertiary/aromatic N) is 1. The monoisotopic (exact) mass is 229 g/mol. The number of carbonyl (C=O) groups excluding carboxylic acids is 2. The first-order valence-corrected chi connectivity index (χ1v) is 5.30. The van der Waals surface area contributed by atoms with E-state index < -0.39 is 17.8 Å². The number of hydrogen-bond donors (Lipinski definition) is 2. The molecular weight excluding hydrogens is 214 g/mol. The SMILES string of the molecule is O=C(O)C1CCCC1.O=C1CCC(=O)N1O. The molecule has 0 bridgehead atoms. The molecule has 2 aliphatic rings. The summed E-state index contributed by atoms with van der Waals surface area (Å²) in [6.07, 6.45) is 4.31. The maximum Gasteiger partial charge on any atom is 0.306 e. The van der Waals surface area contributed by atoms with Crippen LogP contribution in [0.4, 0.5) is 0 Å². The Morgan fingerprint density at radius 3 is 1.75 bits per heavy atom. The minimum absolute atomic E-state index is 0.0185. The van der Waals surface area contributed by atoms with Crippen molar-refractivity contribution in [3.05, 3.63) is 0 Å². The molecule has 1 saturated carbocycles. The molecule has 0 aromatic rings. The summed E-state index contributed by atoms with van der Waals surface area (Å²) in [5.41, 5.74) is 0. The summed E-state index contributed by atoms with van der Waals surface area (Å²) in [6.45, 7) is 0. The number of aliphatic carboxylic acids is 1. The van der Waals surface area contributed by atoms with Crippen LogP contribution in [-0.4, -0.2) is 33.2 Å². The lowest BCUT2D eigenvalue weighted by Crippen LogP contribution is -2.24. The molecule has 0 unspecified atom stereocenters. The van der Waals surface area contributed by atoms with Crippen molar-refractivity contribution >= 4 is 17.8 Å². The third kappa shape index (κ3) is 3.30. The van der Waals surface area contributed by atoms with Crippen LogP contribution in [0.1, 0.15) is 38.5 Å². The van der Waals surface area contributed by atoms with E-state index in [2.05, 4.69) is 0 Å². The van der Waals surface area contributed by atoms with Gasteiger partial charge in [-0.25, -0.2) is 0 Å². The maximum absolute atomic E-state index is 10.2. The normalized spacial score (nSPS) is 20.9. The van der Waals surface area contributed by atoms with Crippen LogP contribution in [0, 0.1) is 5.92 Å². The van der Waals surface area contributed by atoms with Crippen molar-refractivity contribution in [1.29, 1.82) is 0 Å². The molecule has 0 aromatic carbocycles. The van der Waals surface area contributed by atoms with Gasteiger partial charge in [0.25, 0.3) is 11.8 Å². The van der Waals surface area contributed by atoms with Crippen molar-refractivity contribution in [3.8, 4) is 0 Å². The Kier molecular flexibility index (Phi) is 4.42. The van der Waals surface area contributed by atoms with Gasteiger partial charge in [0, 0.05) is 12.8 Å². The summed E-state index contributed by atoms with van der Waals surface area (Å²) in [4.78, 5) is 30.7. The van der Waals surface area contributed by atoms with E-state index in [1.165, 1.54) is 0 Å². The molecule has 1 saturated heterocycles. The highest BCUT2D eigenvalue weighted by Crippen LogP contribution is 2.24. The first-order chi connectivity index (χ1) is 7.52. The smallest absolute Gasteiger partial charge is 0.306 e. The molecule has 90 valence electrons. The Morgan fingerprint density at radius 2 is 1.56 bits per heavy atom. The average Bonchev–Trinajstić information content (AvgIpc) is 2.86. The number of imide groups is 1. The molecule has 1 aliphatic carbocycles. The fourth-order valence-electron chi connectivity index (χ4n) is 1.74. The second-order valence-corrected chi connectivity index (χ2v) is 3.92. The van der Waals surface area contributed by atoms with Gasteiger partial charge in [-0.15, -0.1) is 0 Å². The predicted octanol–water partition coefficient (Wildman–Crippen LogP) is 0.786. The molecule has 0 radical (unpaired) electrons. The lowest BCUT2D eigenvalue weighted by Gasteiger charge is -1.98. The summed E-state index contributed by atoms with van der Waals surface area (Å²) < 4.78 is 0. The zero-order valence-electron chi connectivity index (χ0n) is 8.89. The van der Waals surface area contributed by atoms with Crippen LogP contribution in [0.5, 0.6) is 0 Å². The number of hydrogen-bond acceptors (Lipinski definition) is 4. The maximum atomic E-state index is 10.2. The van der Waals surface area contributed by atoms with Gasteiger partial charge in [-0.1, -0.05) is 12.8 Å². The fraction of sp³-hybridized carbons (Fsp3) is 0.700. The van der Waals surface area contributed by atoms with Crippen molar-refractivity contribution in [2.45, 2.75) is 38.5 Å². The summed E-state index contributed by atoms with van der Waals surface area (Å²) >= 11 is 0. The minimum atomic E-state index is -0.609. The number of rotatable bonds is 1. The van der Waals surface area contributed by atoms with Gasteiger partial charge in [-0.05, 0) is 12.8 Å². The summed E-state index contributed by atoms with van der Waals surface area (Å²) in [5.74, 6) is -1.64. The molecule has 1 heterocycles. The van der Waals surface area contributed by atoms with Gasteiger partial charge in [0.2, 0.25) is 0 Å². The number of hydroxylamine groups is 2. The van der Waals surface area contributed by atoms with Gasteiger partial charge in [0.05, 0.1) is 5.92 Å². The molecule has 2 fully saturated rings. The van der Waals surface area contributed by atoms with Gasteiger partial charge in [0.1, 0.15) is 0 Å². The van der Waals surface area contributed by atoms with E-state index in [-0.39, 0.29) is 23.8 Å². The molecule has 2 N–H and O–H groups in total. The predicted molar refractivity (Wildman–Crippen MR) is 52.5 cm³/mol. The third-order valence-electron chi connectivity index (χ3n) is 2.73. The van der Waals surface area contributed by atoms with Gasteiger partial charge in [-0.3, -0.25) is 19.6 Å². The van der Waals surface area contributed by atoms with E-state index >= 15 is 0 Å². The molecule has 2 rings (SSSR count). The number of amides is 2. The first kappa shape index (κ1) is 12.6. The zero-order valence-corrected chi connectivity index (χ0v) is 8.89. The topological polar surface area (TPSA) is 94.9 Å². The van der Waals surface area contributed by atoms with E-state index in [4.69, 9.17) is 10.3 Å². The van der Waals surface area contributed by atoms with E-state index in [0.717, 1.165) is 25.7 Å². The third-order valence-corrected chi connectivity index (χ3v) is 2.73. The van der Waals surface area contributed by atoms with Crippen molar-refractivity contribution < 1.29 is 24.7 Å². The Hall–Kier alpha value is -1.43. The second kappa shape index (κ2) is 5.60. The van der Waals surface area contributed by atoms with E-state index in [0.29, 0.717) is 0 Å². The molecule has 2 amide bonds. The molecule has 16 heavy (non-hydrogen) atoms. The van der Waals surface area contributed by atoms with Crippen LogP contribution in [0.3, 0.4) is 0 Å². The van der Waals surface area contributed by atoms with Crippen molar-refractivity contribution in [3.63, 3.8) is 0 Å². The zero-order chi connectivity index (χ0) is 12.1. The molecule has 1 aliphatic heterocycles. The lowest BCUT2D eigenvalue weighted by molar-refractivity contribution is -0.171. The van der Waals surface area contributed by atoms with Gasteiger partial charge < -0.3 is 5.11 Å². The van der Waals surface area contributed by atoms with Crippen LogP contribution in [-0.2, 0) is 14.4 Å². The van der Waals surface area contributed by atoms with Crippen molar-refractivity contribution in [2.75, 3.05) is 0 Å².